The molecular weight excluding hydrogens is 1020 g/mol. The van der Waals surface area contributed by atoms with Crippen LogP contribution in [0.4, 0.5) is 17.1 Å². The molecule has 1 heteroatoms. The van der Waals surface area contributed by atoms with Gasteiger partial charge in [-0.3, -0.25) is 0 Å². The van der Waals surface area contributed by atoms with E-state index < -0.39 is 10.8 Å². The highest BCUT2D eigenvalue weighted by Crippen LogP contribution is 2.61. The number of fused-ring (bicyclic) bond motifs is 6. The molecule has 0 heterocycles. The Kier molecular flexibility index (Phi) is 14.1. The summed E-state index contributed by atoms with van der Waals surface area (Å²) in [5.74, 6) is 0. The summed E-state index contributed by atoms with van der Waals surface area (Å²) in [7, 11) is 0. The molecule has 0 spiro atoms. The summed E-state index contributed by atoms with van der Waals surface area (Å²) < 4.78 is 0. The van der Waals surface area contributed by atoms with Crippen molar-refractivity contribution < 1.29 is 0 Å². The van der Waals surface area contributed by atoms with Crippen LogP contribution in [0.2, 0.25) is 0 Å². The van der Waals surface area contributed by atoms with Crippen molar-refractivity contribution in [3.8, 4) is 22.3 Å². The van der Waals surface area contributed by atoms with Gasteiger partial charge >= 0.3 is 0 Å². The zero-order valence-corrected chi connectivity index (χ0v) is 55.4. The van der Waals surface area contributed by atoms with Crippen LogP contribution in [0.1, 0.15) is 229 Å². The van der Waals surface area contributed by atoms with Crippen LogP contribution in [-0.2, 0) is 48.7 Å². The summed E-state index contributed by atoms with van der Waals surface area (Å²) in [4.78, 5) is 2.56. The van der Waals surface area contributed by atoms with Crippen LogP contribution < -0.4 is 4.90 Å². The van der Waals surface area contributed by atoms with Gasteiger partial charge in [0.15, 0.2) is 0 Å². The van der Waals surface area contributed by atoms with Gasteiger partial charge in [0.25, 0.3) is 0 Å². The fourth-order valence-electron chi connectivity index (χ4n) is 13.9. The highest BCUT2D eigenvalue weighted by atomic mass is 15.1. The van der Waals surface area contributed by atoms with Crippen molar-refractivity contribution in [2.45, 2.75) is 194 Å². The van der Waals surface area contributed by atoms with Gasteiger partial charge in [0.1, 0.15) is 0 Å². The molecule has 0 aliphatic heterocycles. The minimum atomic E-state index is -0.644. The first-order valence-electron chi connectivity index (χ1n) is 31.5. The smallest absolute Gasteiger partial charge is 0.0714 e. The molecule has 2 aliphatic carbocycles. The normalized spacial score (nSPS) is 14.8. The largest absolute Gasteiger partial charge is 0.310 e. The number of hydrogen-bond acceptors (Lipinski definition) is 1. The van der Waals surface area contributed by atoms with Crippen molar-refractivity contribution in [3.63, 3.8) is 0 Å². The molecule has 0 aromatic heterocycles. The summed E-state index contributed by atoms with van der Waals surface area (Å²) in [5, 5.41) is 0. The van der Waals surface area contributed by atoms with Gasteiger partial charge in [-0.05, 0) is 180 Å². The van der Waals surface area contributed by atoms with E-state index in [4.69, 9.17) is 0 Å². The maximum absolute atomic E-state index is 2.57. The molecule has 0 amide bonds. The molecule has 1 nitrogen and oxygen atoms in total. The van der Waals surface area contributed by atoms with Crippen LogP contribution in [-0.4, -0.2) is 0 Å². The summed E-state index contributed by atoms with van der Waals surface area (Å²) in [6, 6.07) is 77.7. The fraction of sp³-hybridized carbons (Fsp3) is 0.357. The van der Waals surface area contributed by atoms with Gasteiger partial charge in [-0.2, -0.15) is 0 Å². The second-order valence-electron chi connectivity index (χ2n) is 32.4. The van der Waals surface area contributed by atoms with Crippen LogP contribution in [0.15, 0.2) is 194 Å². The average molecular weight is 1120 g/mol. The van der Waals surface area contributed by atoms with Crippen molar-refractivity contribution in [2.24, 2.45) is 0 Å². The Bertz CT molecular complexity index is 3610. The minimum absolute atomic E-state index is 0.00337. The first-order chi connectivity index (χ1) is 39.5. The van der Waals surface area contributed by atoms with E-state index in [2.05, 4.69) is 344 Å². The van der Waals surface area contributed by atoms with Crippen LogP contribution in [0, 0.1) is 0 Å². The van der Waals surface area contributed by atoms with Gasteiger partial charge in [-0.25, -0.2) is 0 Å². The number of rotatable bonds is 7. The number of nitrogens with zero attached hydrogens (tertiary/aromatic N) is 1. The molecule has 0 atom stereocenters. The van der Waals surface area contributed by atoms with E-state index in [9.17, 15) is 0 Å². The molecule has 9 aromatic rings. The molecule has 0 bridgehead atoms. The van der Waals surface area contributed by atoms with E-state index in [1.807, 2.05) is 0 Å². The van der Waals surface area contributed by atoms with Crippen molar-refractivity contribution in [3.05, 3.63) is 278 Å². The molecular formula is C84H95N. The summed E-state index contributed by atoms with van der Waals surface area (Å²) in [6.07, 6.45) is 0. The number of hydrogen-bond donors (Lipinski definition) is 0. The lowest BCUT2D eigenvalue weighted by Gasteiger charge is -2.37. The first-order valence-corrected chi connectivity index (χ1v) is 31.5. The Morgan fingerprint density at radius 3 is 0.624 bits per heavy atom. The summed E-state index contributed by atoms with van der Waals surface area (Å²) >= 11 is 0. The number of benzene rings is 9. The molecule has 0 saturated carbocycles. The molecule has 0 N–H and O–H groups in total. The van der Waals surface area contributed by atoms with E-state index in [-0.39, 0.29) is 37.9 Å². The van der Waals surface area contributed by atoms with Crippen molar-refractivity contribution in [1.82, 2.24) is 0 Å². The minimum Gasteiger partial charge on any atom is -0.310 e. The third-order valence-corrected chi connectivity index (χ3v) is 19.2. The lowest BCUT2D eigenvalue weighted by atomic mass is 9.66. The Hall–Kier alpha value is -7.22. The zero-order chi connectivity index (χ0) is 61.4. The van der Waals surface area contributed by atoms with Crippen molar-refractivity contribution >= 4 is 17.1 Å². The highest BCUT2D eigenvalue weighted by Gasteiger charge is 2.49. The molecule has 0 radical (unpaired) electrons. The van der Waals surface area contributed by atoms with Gasteiger partial charge in [0, 0.05) is 17.1 Å². The lowest BCUT2D eigenvalue weighted by Crippen LogP contribution is -2.30. The van der Waals surface area contributed by atoms with Gasteiger partial charge in [-0.1, -0.05) is 303 Å². The highest BCUT2D eigenvalue weighted by molar-refractivity contribution is 5.93. The predicted octanol–water partition coefficient (Wildman–Crippen LogP) is 23.0. The van der Waals surface area contributed by atoms with E-state index in [1.54, 1.807) is 0 Å². The Balaban J connectivity index is 1.23. The second-order valence-corrected chi connectivity index (χ2v) is 32.4. The van der Waals surface area contributed by atoms with Crippen LogP contribution in [0.5, 0.6) is 0 Å². The SMILES string of the molecule is CC(C)(C)c1ccc(N(c2ccc3c(c2)C(c2ccc(C(C)(C)C)cc2)(c2ccc(C(C)(C)C)cc2)c2cc(C(C)(C)C)ccc2-3)c2ccc3c(c2)C(c2ccc(C(C)(C)C)cc2)(c2ccc(C(C)(C)C)cc2)c2cc(C(C)(C)C)ccc2-3)cc1. The Labute approximate surface area is 513 Å². The molecule has 0 fully saturated rings. The monoisotopic (exact) mass is 1120 g/mol. The maximum Gasteiger partial charge on any atom is 0.0714 e. The molecule has 0 saturated heterocycles. The predicted molar refractivity (Wildman–Crippen MR) is 367 cm³/mol. The molecule has 0 unspecified atom stereocenters. The zero-order valence-electron chi connectivity index (χ0n) is 55.4. The van der Waals surface area contributed by atoms with Gasteiger partial charge < -0.3 is 4.90 Å². The molecule has 9 aromatic carbocycles. The molecule has 2 aliphatic rings. The van der Waals surface area contributed by atoms with Crippen LogP contribution in [0.25, 0.3) is 22.3 Å². The van der Waals surface area contributed by atoms with Crippen LogP contribution in [0.3, 0.4) is 0 Å². The van der Waals surface area contributed by atoms with Gasteiger partial charge in [0.2, 0.25) is 0 Å². The Morgan fingerprint density at radius 2 is 0.388 bits per heavy atom. The molecule has 85 heavy (non-hydrogen) atoms. The van der Waals surface area contributed by atoms with Crippen molar-refractivity contribution in [1.29, 1.82) is 0 Å². The van der Waals surface area contributed by atoms with E-state index in [1.165, 1.54) is 106 Å². The maximum atomic E-state index is 2.57. The van der Waals surface area contributed by atoms with E-state index in [0.717, 1.165) is 17.1 Å². The third kappa shape index (κ3) is 10.2. The number of anilines is 3. The van der Waals surface area contributed by atoms with Gasteiger partial charge in [-0.15, -0.1) is 0 Å². The molecule has 436 valence electrons. The average Bonchev–Trinajstić information content (AvgIpc) is 1.66. The fourth-order valence-corrected chi connectivity index (χ4v) is 13.9. The first kappa shape index (κ1) is 59.5. The summed E-state index contributed by atoms with van der Waals surface area (Å²) in [5.41, 5.74) is 26.7. The quantitative estimate of drug-likeness (QED) is 0.154. The molecule has 11 rings (SSSR count). The van der Waals surface area contributed by atoms with E-state index >= 15 is 0 Å². The lowest BCUT2D eigenvalue weighted by molar-refractivity contribution is 0.585. The topological polar surface area (TPSA) is 3.24 Å². The van der Waals surface area contributed by atoms with E-state index in [0.29, 0.717) is 0 Å². The standard InChI is InChI=1S/C84H95N/c1-76(2,3)54-22-30-59(31-23-54)83(60-32-24-55(25-33-60)77(4,5)6)72-50-63(81(16,17)18)40-46-68(72)70-48-44-66(52-74(70)83)85(65-42-38-58(39-43-65)80(13,14)15)67-45-49-71-69-47-41-64(82(19,20)21)51-73(69)84(75(71)53-67,61-34-26-56(27-35-61)78(7,8)9)62-36-28-57(29-37-62)79(10,11)12/h22-53H,1-21H3. The summed E-state index contributed by atoms with van der Waals surface area (Å²) in [6.45, 7) is 48.9. The van der Waals surface area contributed by atoms with Crippen molar-refractivity contribution in [2.75, 3.05) is 4.90 Å². The van der Waals surface area contributed by atoms with Crippen LogP contribution >= 0.6 is 0 Å². The third-order valence-electron chi connectivity index (χ3n) is 19.2. The van der Waals surface area contributed by atoms with Gasteiger partial charge in [0.05, 0.1) is 10.8 Å². The second kappa shape index (κ2) is 20.2. The Morgan fingerprint density at radius 1 is 0.200 bits per heavy atom.